The number of likely N-dealkylation sites (tertiary alicyclic amines) is 1. The molecule has 134 valence electrons. The largest absolute Gasteiger partial charge is 0.496 e. The summed E-state index contributed by atoms with van der Waals surface area (Å²) in [5, 5.41) is 2.71. The van der Waals surface area contributed by atoms with Gasteiger partial charge in [-0.25, -0.2) is 4.39 Å². The number of carbonyl (C=O) groups is 1. The number of alkyl halides is 3. The van der Waals surface area contributed by atoms with Crippen molar-refractivity contribution in [1.82, 2.24) is 10.2 Å². The molecule has 1 saturated heterocycles. The molecule has 0 aliphatic carbocycles. The van der Waals surface area contributed by atoms with Crippen LogP contribution in [0.25, 0.3) is 0 Å². The number of hydrogen-bond acceptors (Lipinski definition) is 3. The Hall–Kier alpha value is -1.83. The summed E-state index contributed by atoms with van der Waals surface area (Å²) in [7, 11) is 2.81. The Bertz CT molecular complexity index is 592. The zero-order valence-electron chi connectivity index (χ0n) is 13.5. The fraction of sp³-hybridized carbons (Fsp3) is 0.562. The summed E-state index contributed by atoms with van der Waals surface area (Å²) in [5.41, 5.74) is 0.396. The van der Waals surface area contributed by atoms with E-state index in [9.17, 15) is 22.4 Å². The van der Waals surface area contributed by atoms with E-state index in [-0.39, 0.29) is 37.8 Å². The van der Waals surface area contributed by atoms with Gasteiger partial charge < -0.3 is 10.1 Å². The molecule has 1 aliphatic rings. The number of carbonyl (C=O) groups excluding carboxylic acids is 1. The van der Waals surface area contributed by atoms with Gasteiger partial charge in [0.05, 0.1) is 13.5 Å². The van der Waals surface area contributed by atoms with E-state index in [1.807, 2.05) is 0 Å². The van der Waals surface area contributed by atoms with Gasteiger partial charge in [0.15, 0.2) is 0 Å². The number of amides is 1. The minimum absolute atomic E-state index is 0.0613. The van der Waals surface area contributed by atoms with Crippen molar-refractivity contribution >= 4 is 5.91 Å². The lowest BCUT2D eigenvalue weighted by atomic mass is 9.98. The minimum atomic E-state index is -4.27. The predicted molar refractivity (Wildman–Crippen MR) is 80.3 cm³/mol. The molecule has 2 rings (SSSR count). The maximum atomic E-state index is 13.3. The minimum Gasteiger partial charge on any atom is -0.496 e. The Labute approximate surface area is 137 Å². The molecule has 1 amide bonds. The monoisotopic (exact) mass is 348 g/mol. The van der Waals surface area contributed by atoms with E-state index in [2.05, 4.69) is 5.32 Å². The van der Waals surface area contributed by atoms with Crippen LogP contribution in [0, 0.1) is 5.82 Å². The van der Waals surface area contributed by atoms with Crippen LogP contribution in [0.4, 0.5) is 17.6 Å². The van der Waals surface area contributed by atoms with Crippen molar-refractivity contribution in [1.29, 1.82) is 0 Å². The molecular formula is C16H20F4N2O2. The SMILES string of the molecule is COc1ccc(F)cc1CC(=O)N[C@@H]1CC[C@H](C(F)(F)F)N(C)C1. The third-order valence-corrected chi connectivity index (χ3v) is 4.17. The number of hydrogen-bond donors (Lipinski definition) is 1. The second kappa shape index (κ2) is 7.38. The van der Waals surface area contributed by atoms with Crippen molar-refractivity contribution in [3.8, 4) is 5.75 Å². The molecule has 0 unspecified atom stereocenters. The van der Waals surface area contributed by atoms with E-state index in [0.717, 1.165) is 0 Å². The normalized spacial score (nSPS) is 22.2. The number of benzene rings is 1. The molecule has 0 spiro atoms. The lowest BCUT2D eigenvalue weighted by Crippen LogP contribution is -2.54. The quantitative estimate of drug-likeness (QED) is 0.851. The molecule has 8 heteroatoms. The van der Waals surface area contributed by atoms with Crippen molar-refractivity contribution in [2.45, 2.75) is 37.5 Å². The maximum Gasteiger partial charge on any atom is 0.404 e. The molecule has 2 atom stereocenters. The van der Waals surface area contributed by atoms with E-state index in [1.54, 1.807) is 0 Å². The standard InChI is InChI=1S/C16H20F4N2O2/c1-22-9-12(4-6-14(22)16(18,19)20)21-15(23)8-10-7-11(17)3-5-13(10)24-2/h3,5,7,12,14H,4,6,8-9H2,1-2H3,(H,21,23)/t12-,14-/m1/s1. The first-order valence-corrected chi connectivity index (χ1v) is 7.59. The van der Waals surface area contributed by atoms with Gasteiger partial charge in [-0.2, -0.15) is 13.2 Å². The molecule has 0 radical (unpaired) electrons. The smallest absolute Gasteiger partial charge is 0.404 e. The number of nitrogens with zero attached hydrogens (tertiary/aromatic N) is 1. The average molecular weight is 348 g/mol. The highest BCUT2D eigenvalue weighted by Gasteiger charge is 2.44. The first kappa shape index (κ1) is 18.5. The van der Waals surface area contributed by atoms with Gasteiger partial charge in [-0.3, -0.25) is 9.69 Å². The Morgan fingerprint density at radius 3 is 2.67 bits per heavy atom. The predicted octanol–water partition coefficient (Wildman–Crippen LogP) is 2.52. The van der Waals surface area contributed by atoms with Crippen LogP contribution in [0.1, 0.15) is 18.4 Å². The molecule has 1 aliphatic heterocycles. The summed E-state index contributed by atoms with van der Waals surface area (Å²) in [6.45, 7) is 0.121. The van der Waals surface area contributed by atoms with Crippen LogP contribution in [0.2, 0.25) is 0 Å². The van der Waals surface area contributed by atoms with Gasteiger partial charge in [0, 0.05) is 18.2 Å². The molecule has 1 aromatic carbocycles. The van der Waals surface area contributed by atoms with Crippen molar-refractivity contribution in [3.63, 3.8) is 0 Å². The fourth-order valence-electron chi connectivity index (χ4n) is 3.01. The Morgan fingerprint density at radius 1 is 1.38 bits per heavy atom. The van der Waals surface area contributed by atoms with Gasteiger partial charge >= 0.3 is 6.18 Å². The second-order valence-electron chi connectivity index (χ2n) is 5.97. The molecule has 24 heavy (non-hydrogen) atoms. The summed E-state index contributed by atoms with van der Waals surface area (Å²) in [6, 6.07) is 2.04. The van der Waals surface area contributed by atoms with Gasteiger partial charge in [-0.05, 0) is 38.1 Å². The van der Waals surface area contributed by atoms with Gasteiger partial charge in [0.1, 0.15) is 17.6 Å². The van der Waals surface area contributed by atoms with E-state index in [1.165, 1.54) is 37.3 Å². The van der Waals surface area contributed by atoms with Crippen molar-refractivity contribution in [3.05, 3.63) is 29.6 Å². The summed E-state index contributed by atoms with van der Waals surface area (Å²) in [6.07, 6.45) is -4.17. The number of likely N-dealkylation sites (N-methyl/N-ethyl adjacent to an activating group) is 1. The summed E-state index contributed by atoms with van der Waals surface area (Å²) < 4.78 is 56.8. The summed E-state index contributed by atoms with van der Waals surface area (Å²) in [5.74, 6) is -0.462. The van der Waals surface area contributed by atoms with Crippen LogP contribution in [0.3, 0.4) is 0 Å². The zero-order chi connectivity index (χ0) is 17.9. The van der Waals surface area contributed by atoms with E-state index in [4.69, 9.17) is 4.74 Å². The molecule has 1 fully saturated rings. The highest BCUT2D eigenvalue weighted by atomic mass is 19.4. The lowest BCUT2D eigenvalue weighted by molar-refractivity contribution is -0.188. The molecule has 0 aromatic heterocycles. The van der Waals surface area contributed by atoms with Crippen molar-refractivity contribution in [2.24, 2.45) is 0 Å². The van der Waals surface area contributed by atoms with Crippen LogP contribution < -0.4 is 10.1 Å². The number of methoxy groups -OCH3 is 1. The van der Waals surface area contributed by atoms with Gasteiger partial charge in [0.25, 0.3) is 0 Å². The zero-order valence-corrected chi connectivity index (χ0v) is 13.5. The topological polar surface area (TPSA) is 41.6 Å². The molecule has 1 N–H and O–H groups in total. The van der Waals surface area contributed by atoms with Gasteiger partial charge in [0.2, 0.25) is 5.91 Å². The number of halogens is 4. The maximum absolute atomic E-state index is 13.3. The lowest BCUT2D eigenvalue weighted by Gasteiger charge is -2.38. The fourth-order valence-corrected chi connectivity index (χ4v) is 3.01. The molecule has 1 heterocycles. The van der Waals surface area contributed by atoms with Crippen LogP contribution in [0.15, 0.2) is 18.2 Å². The van der Waals surface area contributed by atoms with Crippen LogP contribution >= 0.6 is 0 Å². The average Bonchev–Trinajstić information content (AvgIpc) is 2.46. The van der Waals surface area contributed by atoms with E-state index >= 15 is 0 Å². The second-order valence-corrected chi connectivity index (χ2v) is 5.97. The Kier molecular flexibility index (Phi) is 5.69. The number of nitrogens with one attached hydrogen (secondary N) is 1. The highest BCUT2D eigenvalue weighted by Crippen LogP contribution is 2.31. The van der Waals surface area contributed by atoms with Crippen molar-refractivity contribution in [2.75, 3.05) is 20.7 Å². The van der Waals surface area contributed by atoms with Gasteiger partial charge in [-0.1, -0.05) is 0 Å². The van der Waals surface area contributed by atoms with Crippen molar-refractivity contribution < 1.29 is 27.1 Å². The third-order valence-electron chi connectivity index (χ3n) is 4.17. The van der Waals surface area contributed by atoms with E-state index < -0.39 is 18.0 Å². The van der Waals surface area contributed by atoms with E-state index in [0.29, 0.717) is 11.3 Å². The highest BCUT2D eigenvalue weighted by molar-refractivity contribution is 5.79. The van der Waals surface area contributed by atoms with Gasteiger partial charge in [-0.15, -0.1) is 0 Å². The van der Waals surface area contributed by atoms with Crippen LogP contribution in [-0.2, 0) is 11.2 Å². The van der Waals surface area contributed by atoms with Crippen LogP contribution in [-0.4, -0.2) is 49.8 Å². The van der Waals surface area contributed by atoms with Crippen LogP contribution in [0.5, 0.6) is 5.75 Å². The Morgan fingerprint density at radius 2 is 2.08 bits per heavy atom. The summed E-state index contributed by atoms with van der Waals surface area (Å²) in [4.78, 5) is 13.3. The molecule has 1 aromatic rings. The number of rotatable bonds is 4. The first-order chi connectivity index (χ1) is 11.2. The molecule has 4 nitrogen and oxygen atoms in total. The number of piperidine rings is 1. The number of ether oxygens (including phenoxy) is 1. The summed E-state index contributed by atoms with van der Waals surface area (Å²) >= 11 is 0. The Balaban J connectivity index is 1.93. The molecule has 0 bridgehead atoms. The molecule has 0 saturated carbocycles. The first-order valence-electron chi connectivity index (χ1n) is 7.59. The third kappa shape index (κ3) is 4.59. The molecular weight excluding hydrogens is 328 g/mol.